The van der Waals surface area contributed by atoms with Gasteiger partial charge >= 0.3 is 0 Å². The van der Waals surface area contributed by atoms with Crippen LogP contribution in [0.3, 0.4) is 0 Å². The Kier molecular flexibility index (Phi) is 3.62. The molecule has 0 spiro atoms. The maximum atomic E-state index is 10.6. The Bertz CT molecular complexity index is 747. The van der Waals surface area contributed by atoms with Crippen LogP contribution in [-0.2, 0) is 6.54 Å². The molecule has 4 nitrogen and oxygen atoms in total. The van der Waals surface area contributed by atoms with E-state index in [2.05, 4.69) is 11.9 Å². The molecule has 0 aliphatic rings. The number of aliphatic hydroxyl groups excluding tert-OH is 1. The van der Waals surface area contributed by atoms with Crippen molar-refractivity contribution in [3.8, 4) is 5.75 Å². The third-order valence-corrected chi connectivity index (χ3v) is 3.68. The molecule has 3 rings (SSSR count). The SMILES string of the molecule is CCn1c([C@H](O)c2ccc(OC)cc2)nc2ccccc21. The number of rotatable bonds is 4. The standard InChI is InChI=1S/C17H18N2O2/c1-3-19-15-7-5-4-6-14(15)18-17(19)16(20)12-8-10-13(21-2)11-9-12/h4-11,16,20H,3H2,1-2H3/t16-/m1/s1. The molecule has 0 bridgehead atoms. The minimum atomic E-state index is -0.747. The number of aromatic nitrogens is 2. The minimum absolute atomic E-state index is 0.670. The van der Waals surface area contributed by atoms with Crippen molar-refractivity contribution in [3.05, 3.63) is 59.9 Å². The van der Waals surface area contributed by atoms with Gasteiger partial charge in [-0.15, -0.1) is 0 Å². The van der Waals surface area contributed by atoms with Crippen molar-refractivity contribution >= 4 is 11.0 Å². The number of aliphatic hydroxyl groups is 1. The van der Waals surface area contributed by atoms with Crippen LogP contribution >= 0.6 is 0 Å². The molecule has 0 saturated carbocycles. The van der Waals surface area contributed by atoms with Crippen molar-refractivity contribution in [2.24, 2.45) is 0 Å². The number of imidazole rings is 1. The Morgan fingerprint density at radius 2 is 1.86 bits per heavy atom. The summed E-state index contributed by atoms with van der Waals surface area (Å²) in [5, 5.41) is 10.6. The third-order valence-electron chi connectivity index (χ3n) is 3.68. The first kappa shape index (κ1) is 13.6. The summed E-state index contributed by atoms with van der Waals surface area (Å²) in [5.41, 5.74) is 2.75. The van der Waals surface area contributed by atoms with E-state index >= 15 is 0 Å². The lowest BCUT2D eigenvalue weighted by Crippen LogP contribution is -2.09. The van der Waals surface area contributed by atoms with Gasteiger partial charge in [0.2, 0.25) is 0 Å². The molecule has 3 aromatic rings. The molecule has 1 atom stereocenters. The molecule has 0 unspecified atom stereocenters. The average molecular weight is 282 g/mol. The summed E-state index contributed by atoms with van der Waals surface area (Å²) >= 11 is 0. The van der Waals surface area contributed by atoms with Crippen LogP contribution in [0.2, 0.25) is 0 Å². The molecule has 1 N–H and O–H groups in total. The highest BCUT2D eigenvalue weighted by molar-refractivity contribution is 5.76. The van der Waals surface area contributed by atoms with Gasteiger partial charge in [0.25, 0.3) is 0 Å². The lowest BCUT2D eigenvalue weighted by atomic mass is 10.1. The van der Waals surface area contributed by atoms with Crippen LogP contribution in [0.15, 0.2) is 48.5 Å². The normalized spacial score (nSPS) is 12.5. The van der Waals surface area contributed by atoms with E-state index in [0.29, 0.717) is 5.82 Å². The lowest BCUT2D eigenvalue weighted by molar-refractivity contribution is 0.205. The molecule has 1 heterocycles. The van der Waals surface area contributed by atoms with E-state index in [4.69, 9.17) is 4.74 Å². The van der Waals surface area contributed by atoms with Gasteiger partial charge in [0.15, 0.2) is 0 Å². The first-order valence-corrected chi connectivity index (χ1v) is 7.01. The molecule has 1 aromatic heterocycles. The first-order valence-electron chi connectivity index (χ1n) is 7.01. The van der Waals surface area contributed by atoms with E-state index in [1.165, 1.54) is 0 Å². The van der Waals surface area contributed by atoms with Crippen LogP contribution in [0.25, 0.3) is 11.0 Å². The largest absolute Gasteiger partial charge is 0.497 e. The molecule has 2 aromatic carbocycles. The Balaban J connectivity index is 2.05. The molecule has 0 radical (unpaired) electrons. The fraction of sp³-hybridized carbons (Fsp3) is 0.235. The average Bonchev–Trinajstić information content (AvgIpc) is 2.92. The van der Waals surface area contributed by atoms with Gasteiger partial charge in [-0.3, -0.25) is 0 Å². The lowest BCUT2D eigenvalue weighted by Gasteiger charge is -2.13. The predicted molar refractivity (Wildman–Crippen MR) is 82.5 cm³/mol. The monoisotopic (exact) mass is 282 g/mol. The second-order valence-electron chi connectivity index (χ2n) is 4.88. The second kappa shape index (κ2) is 5.58. The number of para-hydroxylation sites is 2. The molecule has 0 aliphatic heterocycles. The maximum absolute atomic E-state index is 10.6. The summed E-state index contributed by atoms with van der Waals surface area (Å²) in [6.07, 6.45) is -0.747. The topological polar surface area (TPSA) is 47.3 Å². The van der Waals surface area contributed by atoms with E-state index < -0.39 is 6.10 Å². The fourth-order valence-electron chi connectivity index (χ4n) is 2.57. The first-order chi connectivity index (χ1) is 10.2. The zero-order chi connectivity index (χ0) is 14.8. The number of aryl methyl sites for hydroxylation is 1. The number of benzene rings is 2. The van der Waals surface area contributed by atoms with Gasteiger partial charge in [-0.25, -0.2) is 4.98 Å². The zero-order valence-corrected chi connectivity index (χ0v) is 12.2. The van der Waals surface area contributed by atoms with Crippen molar-refractivity contribution in [2.75, 3.05) is 7.11 Å². The highest BCUT2D eigenvalue weighted by Crippen LogP contribution is 2.26. The van der Waals surface area contributed by atoms with Gasteiger partial charge in [-0.05, 0) is 36.8 Å². The predicted octanol–water partition coefficient (Wildman–Crippen LogP) is 3.15. The van der Waals surface area contributed by atoms with Crippen LogP contribution < -0.4 is 4.74 Å². The highest BCUT2D eigenvalue weighted by Gasteiger charge is 2.18. The van der Waals surface area contributed by atoms with E-state index in [9.17, 15) is 5.11 Å². The number of hydrogen-bond donors (Lipinski definition) is 1. The Morgan fingerprint density at radius 3 is 2.52 bits per heavy atom. The molecule has 21 heavy (non-hydrogen) atoms. The van der Waals surface area contributed by atoms with E-state index in [1.807, 2.05) is 53.1 Å². The van der Waals surface area contributed by atoms with Crippen LogP contribution in [-0.4, -0.2) is 21.8 Å². The van der Waals surface area contributed by atoms with Crippen molar-refractivity contribution in [1.29, 1.82) is 0 Å². The van der Waals surface area contributed by atoms with Crippen LogP contribution in [0.4, 0.5) is 0 Å². The quantitative estimate of drug-likeness (QED) is 0.799. The van der Waals surface area contributed by atoms with Gasteiger partial charge in [-0.1, -0.05) is 24.3 Å². The second-order valence-corrected chi connectivity index (χ2v) is 4.88. The van der Waals surface area contributed by atoms with E-state index in [1.54, 1.807) is 7.11 Å². The third kappa shape index (κ3) is 2.38. The molecular weight excluding hydrogens is 264 g/mol. The summed E-state index contributed by atoms with van der Waals surface area (Å²) < 4.78 is 7.19. The van der Waals surface area contributed by atoms with Crippen LogP contribution in [0, 0.1) is 0 Å². The summed E-state index contributed by atoms with van der Waals surface area (Å²) in [5.74, 6) is 1.44. The number of nitrogens with zero attached hydrogens (tertiary/aromatic N) is 2. The fourth-order valence-corrected chi connectivity index (χ4v) is 2.57. The number of ether oxygens (including phenoxy) is 1. The van der Waals surface area contributed by atoms with Crippen molar-refractivity contribution in [1.82, 2.24) is 9.55 Å². The van der Waals surface area contributed by atoms with Gasteiger partial charge in [0.1, 0.15) is 17.7 Å². The summed E-state index contributed by atoms with van der Waals surface area (Å²) in [4.78, 5) is 4.58. The van der Waals surface area contributed by atoms with Crippen LogP contribution in [0.1, 0.15) is 24.4 Å². The number of fused-ring (bicyclic) bond motifs is 1. The Morgan fingerprint density at radius 1 is 1.14 bits per heavy atom. The van der Waals surface area contributed by atoms with Crippen molar-refractivity contribution < 1.29 is 9.84 Å². The Labute approximate surface area is 123 Å². The van der Waals surface area contributed by atoms with Gasteiger partial charge in [-0.2, -0.15) is 0 Å². The molecule has 108 valence electrons. The summed E-state index contributed by atoms with van der Waals surface area (Å²) in [6, 6.07) is 15.3. The molecule has 0 aliphatic carbocycles. The van der Waals surface area contributed by atoms with Crippen LogP contribution in [0.5, 0.6) is 5.75 Å². The molecule has 4 heteroatoms. The van der Waals surface area contributed by atoms with Crippen molar-refractivity contribution in [3.63, 3.8) is 0 Å². The maximum Gasteiger partial charge on any atom is 0.143 e. The van der Waals surface area contributed by atoms with Gasteiger partial charge < -0.3 is 14.4 Å². The van der Waals surface area contributed by atoms with Crippen molar-refractivity contribution in [2.45, 2.75) is 19.6 Å². The number of methoxy groups -OCH3 is 1. The Hall–Kier alpha value is -2.33. The van der Waals surface area contributed by atoms with E-state index in [0.717, 1.165) is 28.9 Å². The van der Waals surface area contributed by atoms with Gasteiger partial charge in [0, 0.05) is 6.54 Å². The molecule has 0 fully saturated rings. The minimum Gasteiger partial charge on any atom is -0.497 e. The molecule has 0 saturated heterocycles. The summed E-state index contributed by atoms with van der Waals surface area (Å²) in [6.45, 7) is 2.82. The molecule has 0 amide bonds. The highest BCUT2D eigenvalue weighted by atomic mass is 16.5. The smallest absolute Gasteiger partial charge is 0.143 e. The zero-order valence-electron chi connectivity index (χ0n) is 12.2. The summed E-state index contributed by atoms with van der Waals surface area (Å²) in [7, 11) is 1.63. The number of hydrogen-bond acceptors (Lipinski definition) is 3. The molecular formula is C17H18N2O2. The van der Waals surface area contributed by atoms with E-state index in [-0.39, 0.29) is 0 Å². The van der Waals surface area contributed by atoms with Gasteiger partial charge in [0.05, 0.1) is 18.1 Å².